The zero-order valence-corrected chi connectivity index (χ0v) is 17.8. The molecule has 1 unspecified atom stereocenters. The highest BCUT2D eigenvalue weighted by atomic mass is 16.2. The van der Waals surface area contributed by atoms with Crippen molar-refractivity contribution in [2.75, 3.05) is 38.1 Å². The molecule has 7 heteroatoms. The maximum atomic E-state index is 12.4. The third-order valence-corrected chi connectivity index (χ3v) is 6.65. The Labute approximate surface area is 181 Å². The fraction of sp³-hybridized carbons (Fsp3) is 0.417. The first-order chi connectivity index (χ1) is 15.1. The summed E-state index contributed by atoms with van der Waals surface area (Å²) in [6, 6.07) is 10.2. The van der Waals surface area contributed by atoms with Gasteiger partial charge in [0.25, 0.3) is 11.8 Å². The number of piperazine rings is 1. The van der Waals surface area contributed by atoms with Crippen molar-refractivity contribution in [3.63, 3.8) is 0 Å². The highest BCUT2D eigenvalue weighted by Crippen LogP contribution is 2.32. The standard InChI is InChI=1S/C24H27N5O2/c1-25-24(31)21-8-6-17(14-26-21)29-11-9-28(10-12-29)15-16-5-7-19-18-3-2-4-20(18)23(30)27-22(19)13-16/h5-8,13-14,20H,2-4,9-12,15H2,1H3,(H,25,31). The van der Waals surface area contributed by atoms with Gasteiger partial charge in [0.1, 0.15) is 5.69 Å². The largest absolute Gasteiger partial charge is 0.368 e. The van der Waals surface area contributed by atoms with E-state index in [0.29, 0.717) is 5.69 Å². The summed E-state index contributed by atoms with van der Waals surface area (Å²) in [4.78, 5) is 37.4. The molecule has 0 radical (unpaired) electrons. The van der Waals surface area contributed by atoms with Crippen LogP contribution in [0, 0.1) is 5.92 Å². The minimum atomic E-state index is -0.170. The number of anilines is 1. The van der Waals surface area contributed by atoms with Gasteiger partial charge in [0, 0.05) is 45.0 Å². The average molecular weight is 418 g/mol. The Morgan fingerprint density at radius 2 is 2.00 bits per heavy atom. The lowest BCUT2D eigenvalue weighted by molar-refractivity contribution is -0.120. The van der Waals surface area contributed by atoms with Gasteiger partial charge in [-0.1, -0.05) is 12.1 Å². The maximum absolute atomic E-state index is 12.4. The molecule has 7 nitrogen and oxygen atoms in total. The van der Waals surface area contributed by atoms with Gasteiger partial charge in [-0.25, -0.2) is 9.98 Å². The van der Waals surface area contributed by atoms with Crippen LogP contribution in [0.1, 0.15) is 35.3 Å². The Hall–Kier alpha value is -3.06. The molecule has 5 rings (SSSR count). The van der Waals surface area contributed by atoms with Gasteiger partial charge in [-0.15, -0.1) is 0 Å². The van der Waals surface area contributed by atoms with Crippen LogP contribution in [-0.2, 0) is 11.3 Å². The number of hydrogen-bond acceptors (Lipinski definition) is 5. The average Bonchev–Trinajstić information content (AvgIpc) is 3.30. The van der Waals surface area contributed by atoms with E-state index in [1.807, 2.05) is 6.07 Å². The molecule has 0 spiro atoms. The summed E-state index contributed by atoms with van der Waals surface area (Å²) in [5.74, 6) is -0.0927. The summed E-state index contributed by atoms with van der Waals surface area (Å²) in [5, 5.41) is 4.63. The molecule has 31 heavy (non-hydrogen) atoms. The molecular formula is C24H27N5O2. The Bertz CT molecular complexity index is 1130. The normalized spacial score (nSPS) is 20.8. The first kappa shape index (κ1) is 19.9. The predicted octanol–water partition coefficient (Wildman–Crippen LogP) is 0.874. The topological polar surface area (TPSA) is 77.9 Å². The molecule has 2 amide bonds. The highest BCUT2D eigenvalue weighted by molar-refractivity contribution is 5.92. The molecule has 3 aliphatic rings. The molecule has 1 aromatic heterocycles. The molecule has 2 fully saturated rings. The van der Waals surface area contributed by atoms with Gasteiger partial charge in [-0.3, -0.25) is 14.5 Å². The summed E-state index contributed by atoms with van der Waals surface area (Å²) >= 11 is 0. The molecule has 160 valence electrons. The second-order valence-corrected chi connectivity index (χ2v) is 8.52. The molecule has 1 N–H and O–H groups in total. The highest BCUT2D eigenvalue weighted by Gasteiger charge is 2.30. The smallest absolute Gasteiger partial charge is 0.269 e. The van der Waals surface area contributed by atoms with Gasteiger partial charge in [0.05, 0.1) is 23.2 Å². The number of carbonyl (C=O) groups is 2. The van der Waals surface area contributed by atoms with Crippen molar-refractivity contribution < 1.29 is 9.59 Å². The van der Waals surface area contributed by atoms with Gasteiger partial charge < -0.3 is 10.2 Å². The van der Waals surface area contributed by atoms with E-state index in [0.717, 1.165) is 63.0 Å². The van der Waals surface area contributed by atoms with E-state index >= 15 is 0 Å². The molecule has 0 bridgehead atoms. The van der Waals surface area contributed by atoms with Crippen molar-refractivity contribution in [2.45, 2.75) is 25.8 Å². The van der Waals surface area contributed by atoms with Crippen LogP contribution < -0.4 is 20.8 Å². The lowest BCUT2D eigenvalue weighted by Crippen LogP contribution is -2.46. The monoisotopic (exact) mass is 417 g/mol. The first-order valence-electron chi connectivity index (χ1n) is 11.0. The van der Waals surface area contributed by atoms with Gasteiger partial charge >= 0.3 is 0 Å². The Balaban J connectivity index is 1.24. The molecule has 1 saturated heterocycles. The number of fused-ring (bicyclic) bond motifs is 2. The lowest BCUT2D eigenvalue weighted by atomic mass is 9.96. The fourth-order valence-electron chi connectivity index (χ4n) is 4.93. The summed E-state index contributed by atoms with van der Waals surface area (Å²) in [7, 11) is 1.61. The molecule has 2 aliphatic heterocycles. The zero-order chi connectivity index (χ0) is 21.4. The molecule has 2 aromatic rings. The van der Waals surface area contributed by atoms with Gasteiger partial charge in [0.2, 0.25) is 0 Å². The summed E-state index contributed by atoms with van der Waals surface area (Å²) in [5.41, 5.74) is 3.98. The van der Waals surface area contributed by atoms with Crippen LogP contribution in [0.4, 0.5) is 5.69 Å². The minimum absolute atomic E-state index is 0.0336. The van der Waals surface area contributed by atoms with E-state index in [1.165, 1.54) is 16.4 Å². The van der Waals surface area contributed by atoms with E-state index in [-0.39, 0.29) is 17.7 Å². The van der Waals surface area contributed by atoms with Crippen molar-refractivity contribution in [3.8, 4) is 0 Å². The second-order valence-electron chi connectivity index (χ2n) is 8.52. The van der Waals surface area contributed by atoms with E-state index in [4.69, 9.17) is 0 Å². The van der Waals surface area contributed by atoms with Crippen LogP contribution >= 0.6 is 0 Å². The van der Waals surface area contributed by atoms with Gasteiger partial charge in [-0.05, 0) is 48.6 Å². The number of pyridine rings is 1. The van der Waals surface area contributed by atoms with E-state index in [1.54, 1.807) is 19.3 Å². The van der Waals surface area contributed by atoms with Crippen LogP contribution in [0.15, 0.2) is 41.5 Å². The Morgan fingerprint density at radius 1 is 1.16 bits per heavy atom. The summed E-state index contributed by atoms with van der Waals surface area (Å²) < 4.78 is 0. The summed E-state index contributed by atoms with van der Waals surface area (Å²) in [6.45, 7) is 4.58. The SMILES string of the molecule is CNC(=O)c1ccc(N2CCN(Cc3ccc4c(c3)=NC(=O)C3CCCC=43)CC2)cn1. The second kappa shape index (κ2) is 8.23. The number of benzene rings is 1. The quantitative estimate of drug-likeness (QED) is 0.799. The number of nitrogens with zero attached hydrogens (tertiary/aromatic N) is 4. The maximum Gasteiger partial charge on any atom is 0.269 e. The van der Waals surface area contributed by atoms with Crippen LogP contribution in [0.25, 0.3) is 5.57 Å². The van der Waals surface area contributed by atoms with Crippen molar-refractivity contribution in [2.24, 2.45) is 10.9 Å². The van der Waals surface area contributed by atoms with Crippen molar-refractivity contribution in [1.29, 1.82) is 0 Å². The Kier molecular flexibility index (Phi) is 5.28. The predicted molar refractivity (Wildman–Crippen MR) is 118 cm³/mol. The van der Waals surface area contributed by atoms with Crippen molar-refractivity contribution in [3.05, 3.63) is 58.4 Å². The van der Waals surface area contributed by atoms with E-state index < -0.39 is 0 Å². The van der Waals surface area contributed by atoms with Crippen LogP contribution in [0.5, 0.6) is 0 Å². The number of carbonyl (C=O) groups excluding carboxylic acids is 2. The van der Waals surface area contributed by atoms with Gasteiger partial charge in [0.15, 0.2) is 0 Å². The molecule has 1 saturated carbocycles. The molecule has 1 aromatic carbocycles. The molecule has 3 heterocycles. The fourth-order valence-corrected chi connectivity index (χ4v) is 4.93. The zero-order valence-electron chi connectivity index (χ0n) is 17.8. The number of hydrogen-bond donors (Lipinski definition) is 1. The van der Waals surface area contributed by atoms with Crippen molar-refractivity contribution >= 4 is 23.1 Å². The first-order valence-corrected chi connectivity index (χ1v) is 11.0. The summed E-state index contributed by atoms with van der Waals surface area (Å²) in [6.07, 6.45) is 4.85. The number of nitrogens with one attached hydrogen (secondary N) is 1. The third-order valence-electron chi connectivity index (χ3n) is 6.65. The number of amides is 2. The van der Waals surface area contributed by atoms with E-state index in [2.05, 4.69) is 43.3 Å². The number of aromatic nitrogens is 1. The third kappa shape index (κ3) is 3.85. The lowest BCUT2D eigenvalue weighted by Gasteiger charge is -2.36. The molecule has 1 atom stereocenters. The van der Waals surface area contributed by atoms with Gasteiger partial charge in [-0.2, -0.15) is 0 Å². The van der Waals surface area contributed by atoms with Crippen LogP contribution in [0.3, 0.4) is 0 Å². The molecule has 1 aliphatic carbocycles. The molecular weight excluding hydrogens is 390 g/mol. The van der Waals surface area contributed by atoms with Crippen LogP contribution in [-0.4, -0.2) is 54.9 Å². The van der Waals surface area contributed by atoms with Crippen LogP contribution in [0.2, 0.25) is 0 Å². The number of rotatable bonds is 4. The van der Waals surface area contributed by atoms with Crippen molar-refractivity contribution in [1.82, 2.24) is 15.2 Å². The van der Waals surface area contributed by atoms with E-state index in [9.17, 15) is 9.59 Å². The Morgan fingerprint density at radius 3 is 2.74 bits per heavy atom. The minimum Gasteiger partial charge on any atom is -0.368 e.